The van der Waals surface area contributed by atoms with Gasteiger partial charge in [-0.25, -0.2) is 0 Å². The summed E-state index contributed by atoms with van der Waals surface area (Å²) < 4.78 is 0. The number of hydrogen-bond donors (Lipinski definition) is 2. The largest absolute Gasteiger partial charge is 0.389 e. The Balaban J connectivity index is 2.40. The van der Waals surface area contributed by atoms with Crippen LogP contribution in [-0.2, 0) is 0 Å². The molecule has 1 atom stereocenters. The molecule has 16 heavy (non-hydrogen) atoms. The molecule has 0 aromatic rings. The minimum absolute atomic E-state index is 0.126. The maximum Gasteiger partial charge on any atom is 0.0951 e. The van der Waals surface area contributed by atoms with Gasteiger partial charge in [-0.2, -0.15) is 5.26 Å². The molecule has 0 heterocycles. The highest BCUT2D eigenvalue weighted by Crippen LogP contribution is 2.39. The molecule has 3 nitrogen and oxygen atoms in total. The summed E-state index contributed by atoms with van der Waals surface area (Å²) in [6.07, 6.45) is 4.60. The normalized spacial score (nSPS) is 24.7. The molecule has 1 fully saturated rings. The van der Waals surface area contributed by atoms with E-state index in [2.05, 4.69) is 25.2 Å². The van der Waals surface area contributed by atoms with Gasteiger partial charge in [-0.1, -0.05) is 20.8 Å². The second kappa shape index (κ2) is 5.16. The van der Waals surface area contributed by atoms with E-state index in [0.717, 1.165) is 32.1 Å². The van der Waals surface area contributed by atoms with Crippen LogP contribution in [0.15, 0.2) is 0 Å². The summed E-state index contributed by atoms with van der Waals surface area (Å²) in [7, 11) is 0. The summed E-state index contributed by atoms with van der Waals surface area (Å²) >= 11 is 0. The van der Waals surface area contributed by atoms with Gasteiger partial charge in [-0.05, 0) is 37.5 Å². The minimum Gasteiger partial charge on any atom is -0.389 e. The van der Waals surface area contributed by atoms with Crippen molar-refractivity contribution in [1.82, 2.24) is 5.32 Å². The van der Waals surface area contributed by atoms with Crippen molar-refractivity contribution >= 4 is 0 Å². The molecule has 1 aliphatic rings. The number of nitriles is 1. The molecule has 0 aliphatic heterocycles. The molecule has 1 unspecified atom stereocenters. The van der Waals surface area contributed by atoms with Gasteiger partial charge in [0, 0.05) is 6.54 Å². The van der Waals surface area contributed by atoms with Crippen molar-refractivity contribution in [2.75, 3.05) is 6.54 Å². The van der Waals surface area contributed by atoms with Crippen molar-refractivity contribution in [1.29, 1.82) is 5.26 Å². The molecule has 0 radical (unpaired) electrons. The van der Waals surface area contributed by atoms with Crippen LogP contribution >= 0.6 is 0 Å². The lowest BCUT2D eigenvalue weighted by Gasteiger charge is -2.40. The Morgan fingerprint density at radius 3 is 2.31 bits per heavy atom. The van der Waals surface area contributed by atoms with Gasteiger partial charge >= 0.3 is 0 Å². The predicted octanol–water partition coefficient (Wildman–Crippen LogP) is 2.21. The van der Waals surface area contributed by atoms with Crippen LogP contribution in [0.5, 0.6) is 0 Å². The van der Waals surface area contributed by atoms with Crippen LogP contribution in [0.25, 0.3) is 0 Å². The molecule has 2 N–H and O–H groups in total. The van der Waals surface area contributed by atoms with E-state index in [1.165, 1.54) is 0 Å². The van der Waals surface area contributed by atoms with E-state index in [1.807, 2.05) is 6.92 Å². The van der Waals surface area contributed by atoms with Gasteiger partial charge in [0.1, 0.15) is 0 Å². The van der Waals surface area contributed by atoms with Gasteiger partial charge in [-0.3, -0.25) is 5.32 Å². The highest BCUT2D eigenvalue weighted by molar-refractivity contribution is 4.95. The number of hydrogen-bond acceptors (Lipinski definition) is 3. The monoisotopic (exact) mass is 224 g/mol. The first-order chi connectivity index (χ1) is 7.41. The maximum atomic E-state index is 10.4. The number of nitrogens with zero attached hydrogens (tertiary/aromatic N) is 1. The molecule has 0 aromatic heterocycles. The van der Waals surface area contributed by atoms with Gasteiger partial charge in [0.25, 0.3) is 0 Å². The molecule has 0 bridgehead atoms. The fraction of sp³-hybridized carbons (Fsp3) is 0.923. The van der Waals surface area contributed by atoms with E-state index >= 15 is 0 Å². The van der Waals surface area contributed by atoms with E-state index < -0.39 is 5.60 Å². The van der Waals surface area contributed by atoms with Crippen LogP contribution in [0.2, 0.25) is 0 Å². The Morgan fingerprint density at radius 1 is 1.31 bits per heavy atom. The highest BCUT2D eigenvalue weighted by atomic mass is 16.3. The second-order valence-corrected chi connectivity index (χ2v) is 5.86. The molecule has 1 aliphatic carbocycles. The van der Waals surface area contributed by atoms with E-state index in [4.69, 9.17) is 5.26 Å². The smallest absolute Gasteiger partial charge is 0.0951 e. The molecule has 0 spiro atoms. The van der Waals surface area contributed by atoms with E-state index in [0.29, 0.717) is 12.0 Å². The maximum absolute atomic E-state index is 10.4. The number of aliphatic hydroxyl groups is 1. The molecular formula is C13H24N2O. The van der Waals surface area contributed by atoms with Gasteiger partial charge in [0.05, 0.1) is 17.7 Å². The summed E-state index contributed by atoms with van der Waals surface area (Å²) in [4.78, 5) is 0. The Bertz CT molecular complexity index is 258. The fourth-order valence-electron chi connectivity index (χ4n) is 2.16. The van der Waals surface area contributed by atoms with Crippen LogP contribution < -0.4 is 5.32 Å². The van der Waals surface area contributed by atoms with Crippen LogP contribution in [0.3, 0.4) is 0 Å². The lowest BCUT2D eigenvalue weighted by molar-refractivity contribution is -0.0251. The van der Waals surface area contributed by atoms with Crippen molar-refractivity contribution in [2.24, 2.45) is 5.41 Å². The average Bonchev–Trinajstić information content (AvgIpc) is 2.25. The van der Waals surface area contributed by atoms with Crippen LogP contribution in [0.4, 0.5) is 0 Å². The molecule has 3 heteroatoms. The first-order valence-electron chi connectivity index (χ1n) is 6.26. The third-order valence-corrected chi connectivity index (χ3v) is 3.78. The first-order valence-corrected chi connectivity index (χ1v) is 6.26. The number of nitrogens with one attached hydrogen (secondary N) is 1. The molecule has 0 saturated heterocycles. The first kappa shape index (κ1) is 13.5. The minimum atomic E-state index is -0.597. The molecule has 0 amide bonds. The predicted molar refractivity (Wildman–Crippen MR) is 64.9 cm³/mol. The van der Waals surface area contributed by atoms with Crippen molar-refractivity contribution in [3.05, 3.63) is 0 Å². The molecule has 92 valence electrons. The summed E-state index contributed by atoms with van der Waals surface area (Å²) in [5, 5.41) is 22.3. The highest BCUT2D eigenvalue weighted by Gasteiger charge is 2.36. The van der Waals surface area contributed by atoms with Crippen molar-refractivity contribution in [3.63, 3.8) is 0 Å². The summed E-state index contributed by atoms with van der Waals surface area (Å²) in [5.74, 6) is 0. The van der Waals surface area contributed by atoms with Gasteiger partial charge < -0.3 is 5.11 Å². The average molecular weight is 224 g/mol. The van der Waals surface area contributed by atoms with Gasteiger partial charge in [0.15, 0.2) is 0 Å². The van der Waals surface area contributed by atoms with Gasteiger partial charge in [0.2, 0.25) is 0 Å². The quantitative estimate of drug-likeness (QED) is 0.769. The van der Waals surface area contributed by atoms with Crippen molar-refractivity contribution in [3.8, 4) is 6.07 Å². The van der Waals surface area contributed by atoms with Crippen LogP contribution in [-0.4, -0.2) is 23.3 Å². The van der Waals surface area contributed by atoms with Crippen LogP contribution in [0.1, 0.15) is 52.9 Å². The zero-order chi connectivity index (χ0) is 12.2. The Kier molecular flexibility index (Phi) is 4.35. The van der Waals surface area contributed by atoms with Crippen molar-refractivity contribution < 1.29 is 5.11 Å². The molecule has 1 saturated carbocycles. The van der Waals surface area contributed by atoms with E-state index in [9.17, 15) is 5.11 Å². The summed E-state index contributed by atoms with van der Waals surface area (Å²) in [6, 6.07) is 2.08. The van der Waals surface area contributed by atoms with Crippen molar-refractivity contribution in [2.45, 2.75) is 64.5 Å². The molecule has 1 rings (SSSR count). The lowest BCUT2D eigenvalue weighted by Crippen LogP contribution is -2.47. The van der Waals surface area contributed by atoms with Gasteiger partial charge in [-0.15, -0.1) is 0 Å². The molecule has 0 aromatic carbocycles. The Labute approximate surface area is 98.8 Å². The SMILES string of the molecule is CCC(C#N)NCC1(O)CCC(C)(C)CC1. The Hall–Kier alpha value is -0.590. The summed E-state index contributed by atoms with van der Waals surface area (Å²) in [6.45, 7) is 7.04. The third-order valence-electron chi connectivity index (χ3n) is 3.78. The standard InChI is InChI=1S/C13H24N2O/c1-4-11(9-14)15-10-13(16)7-5-12(2,3)6-8-13/h11,15-16H,4-8,10H2,1-3H3. The number of rotatable bonds is 4. The lowest BCUT2D eigenvalue weighted by atomic mass is 9.71. The fourth-order valence-corrected chi connectivity index (χ4v) is 2.16. The summed E-state index contributed by atoms with van der Waals surface area (Å²) in [5.41, 5.74) is -0.231. The zero-order valence-corrected chi connectivity index (χ0v) is 10.7. The Morgan fingerprint density at radius 2 is 1.88 bits per heavy atom. The second-order valence-electron chi connectivity index (χ2n) is 5.86. The zero-order valence-electron chi connectivity index (χ0n) is 10.7. The topological polar surface area (TPSA) is 56.0 Å². The third kappa shape index (κ3) is 3.77. The van der Waals surface area contributed by atoms with Crippen LogP contribution in [0, 0.1) is 16.7 Å². The van der Waals surface area contributed by atoms with E-state index in [-0.39, 0.29) is 6.04 Å². The van der Waals surface area contributed by atoms with E-state index in [1.54, 1.807) is 0 Å². The molecular weight excluding hydrogens is 200 g/mol.